The Bertz CT molecular complexity index is 682. The number of aliphatic hydroxyl groups is 2. The number of rotatable bonds is 1. The van der Waals surface area contributed by atoms with Crippen molar-refractivity contribution >= 4 is 5.97 Å². The molecule has 1 saturated heterocycles. The van der Waals surface area contributed by atoms with E-state index in [9.17, 15) is 15.0 Å². The third-order valence-electron chi connectivity index (χ3n) is 8.48. The SMILES string of the molecule is CC(=O)O[C@H]1C[C@H]2[C@@H](O)[C@H]3[C@](C)(CCC(=C1C)C2(C)C)CC[C@H]1OC[C@]13O. The molecule has 4 aliphatic rings. The van der Waals surface area contributed by atoms with Crippen molar-refractivity contribution in [2.24, 2.45) is 22.7 Å². The predicted molar refractivity (Wildman–Crippen MR) is 101 cm³/mol. The molecule has 4 rings (SSSR count). The number of hydrogen-bond acceptors (Lipinski definition) is 5. The Morgan fingerprint density at radius 1 is 1.26 bits per heavy atom. The van der Waals surface area contributed by atoms with Gasteiger partial charge in [-0.1, -0.05) is 26.3 Å². The molecule has 0 aromatic heterocycles. The van der Waals surface area contributed by atoms with Crippen LogP contribution in [0.1, 0.15) is 66.7 Å². The number of hydrogen-bond donors (Lipinski definition) is 2. The van der Waals surface area contributed by atoms with Crippen molar-refractivity contribution in [1.29, 1.82) is 0 Å². The molecule has 3 aliphatic carbocycles. The largest absolute Gasteiger partial charge is 0.458 e. The van der Waals surface area contributed by atoms with E-state index in [2.05, 4.69) is 27.7 Å². The van der Waals surface area contributed by atoms with Crippen molar-refractivity contribution in [2.75, 3.05) is 6.61 Å². The Hall–Kier alpha value is -0.910. The number of esters is 1. The minimum absolute atomic E-state index is 0.0615. The molecule has 0 aromatic carbocycles. The summed E-state index contributed by atoms with van der Waals surface area (Å²) in [6.45, 7) is 10.5. The van der Waals surface area contributed by atoms with Crippen LogP contribution in [-0.2, 0) is 14.3 Å². The van der Waals surface area contributed by atoms with Crippen molar-refractivity contribution in [2.45, 2.75) is 90.6 Å². The van der Waals surface area contributed by atoms with Crippen LogP contribution in [0, 0.1) is 22.7 Å². The Morgan fingerprint density at radius 2 is 1.96 bits per heavy atom. The average molecular weight is 379 g/mol. The Kier molecular flexibility index (Phi) is 4.34. The zero-order chi connectivity index (χ0) is 19.8. The molecule has 3 fully saturated rings. The smallest absolute Gasteiger partial charge is 0.303 e. The lowest BCUT2D eigenvalue weighted by Crippen LogP contribution is -2.72. The topological polar surface area (TPSA) is 76.0 Å². The Labute approximate surface area is 162 Å². The van der Waals surface area contributed by atoms with Crippen molar-refractivity contribution in [3.05, 3.63) is 11.1 Å². The fourth-order valence-electron chi connectivity index (χ4n) is 6.90. The summed E-state index contributed by atoms with van der Waals surface area (Å²) in [5.74, 6) is -0.550. The molecule has 1 aliphatic heterocycles. The standard InChI is InChI=1S/C22H34O5/c1-12-14-6-8-21(5)9-7-17-22(25,11-26-17)19(21)18(24)15(20(14,3)4)10-16(12)27-13(2)23/h15-19,24-25H,6-11H2,1-5H3/t15-,16-,17+,18+,19-,21+,22-/m0/s1. The first kappa shape index (κ1) is 19.4. The second-order valence-electron chi connectivity index (χ2n) is 10.3. The molecule has 2 bridgehead atoms. The molecule has 0 amide bonds. The number of ether oxygens (including phenoxy) is 2. The maximum Gasteiger partial charge on any atom is 0.303 e. The third-order valence-corrected chi connectivity index (χ3v) is 8.48. The summed E-state index contributed by atoms with van der Waals surface area (Å²) >= 11 is 0. The van der Waals surface area contributed by atoms with Gasteiger partial charge in [-0.05, 0) is 61.3 Å². The molecule has 0 aromatic rings. The summed E-state index contributed by atoms with van der Waals surface area (Å²) in [6, 6.07) is 0. The Morgan fingerprint density at radius 3 is 2.56 bits per heavy atom. The monoisotopic (exact) mass is 378 g/mol. The molecule has 0 spiro atoms. The maximum atomic E-state index is 11.7. The van der Waals surface area contributed by atoms with Gasteiger partial charge in [-0.25, -0.2) is 0 Å². The number of carbonyl (C=O) groups is 1. The van der Waals surface area contributed by atoms with Crippen LogP contribution in [0.25, 0.3) is 0 Å². The fourth-order valence-corrected chi connectivity index (χ4v) is 6.90. The summed E-state index contributed by atoms with van der Waals surface area (Å²) in [4.78, 5) is 11.6. The van der Waals surface area contributed by atoms with Gasteiger partial charge in [0, 0.05) is 12.8 Å². The van der Waals surface area contributed by atoms with E-state index in [-0.39, 0.29) is 40.8 Å². The van der Waals surface area contributed by atoms with Crippen molar-refractivity contribution in [1.82, 2.24) is 0 Å². The third kappa shape index (κ3) is 2.65. The van der Waals surface area contributed by atoms with Crippen molar-refractivity contribution in [3.8, 4) is 0 Å². The summed E-state index contributed by atoms with van der Waals surface area (Å²) < 4.78 is 11.3. The van der Waals surface area contributed by atoms with Gasteiger partial charge in [0.1, 0.15) is 11.7 Å². The van der Waals surface area contributed by atoms with Crippen molar-refractivity contribution in [3.63, 3.8) is 0 Å². The van der Waals surface area contributed by atoms with Gasteiger partial charge in [0.05, 0.1) is 18.8 Å². The van der Waals surface area contributed by atoms with Crippen molar-refractivity contribution < 1.29 is 24.5 Å². The van der Waals surface area contributed by atoms with Gasteiger partial charge < -0.3 is 19.7 Å². The van der Waals surface area contributed by atoms with E-state index in [1.807, 2.05) is 0 Å². The van der Waals surface area contributed by atoms with Gasteiger partial charge in [-0.15, -0.1) is 0 Å². The zero-order valence-electron chi connectivity index (χ0n) is 17.2. The molecule has 0 unspecified atom stereocenters. The highest BCUT2D eigenvalue weighted by molar-refractivity contribution is 5.66. The van der Waals surface area contributed by atoms with Crippen LogP contribution in [0.3, 0.4) is 0 Å². The lowest BCUT2D eigenvalue weighted by Gasteiger charge is -2.64. The molecule has 7 atom stereocenters. The predicted octanol–water partition coefficient (Wildman–Crippen LogP) is 2.98. The number of carbonyl (C=O) groups excluding carboxylic acids is 1. The quantitative estimate of drug-likeness (QED) is 0.542. The van der Waals surface area contributed by atoms with Crippen LogP contribution in [0.15, 0.2) is 11.1 Å². The molecule has 5 heteroatoms. The minimum atomic E-state index is -0.937. The summed E-state index contributed by atoms with van der Waals surface area (Å²) in [7, 11) is 0. The molecule has 2 N–H and O–H groups in total. The summed E-state index contributed by atoms with van der Waals surface area (Å²) in [6.07, 6.45) is 3.21. The summed E-state index contributed by atoms with van der Waals surface area (Å²) in [5.41, 5.74) is 1.24. The van der Waals surface area contributed by atoms with E-state index in [0.29, 0.717) is 13.0 Å². The van der Waals surface area contributed by atoms with Gasteiger partial charge in [-0.2, -0.15) is 0 Å². The van der Waals surface area contributed by atoms with Gasteiger partial charge >= 0.3 is 5.97 Å². The van der Waals surface area contributed by atoms with Gasteiger partial charge in [-0.3, -0.25) is 4.79 Å². The molecule has 27 heavy (non-hydrogen) atoms. The highest BCUT2D eigenvalue weighted by Gasteiger charge is 2.66. The van der Waals surface area contributed by atoms with Crippen LogP contribution < -0.4 is 0 Å². The lowest BCUT2D eigenvalue weighted by molar-refractivity contribution is -0.321. The normalized spacial score (nSPS) is 48.5. The Balaban J connectivity index is 1.79. The van der Waals surface area contributed by atoms with Crippen LogP contribution in [-0.4, -0.2) is 46.7 Å². The molecule has 5 nitrogen and oxygen atoms in total. The summed E-state index contributed by atoms with van der Waals surface area (Å²) in [5, 5.41) is 23.1. The molecule has 0 radical (unpaired) electrons. The van der Waals surface area contributed by atoms with E-state index in [0.717, 1.165) is 31.3 Å². The van der Waals surface area contributed by atoms with Crippen LogP contribution in [0.2, 0.25) is 0 Å². The van der Waals surface area contributed by atoms with E-state index in [1.54, 1.807) is 0 Å². The first-order chi connectivity index (χ1) is 12.5. The molecule has 152 valence electrons. The minimum Gasteiger partial charge on any atom is -0.458 e. The van der Waals surface area contributed by atoms with E-state index in [1.165, 1.54) is 12.5 Å². The first-order valence-electron chi connectivity index (χ1n) is 10.4. The first-order valence-corrected chi connectivity index (χ1v) is 10.4. The highest BCUT2D eigenvalue weighted by atomic mass is 16.6. The van der Waals surface area contributed by atoms with Crippen LogP contribution >= 0.6 is 0 Å². The van der Waals surface area contributed by atoms with E-state index >= 15 is 0 Å². The zero-order valence-corrected chi connectivity index (χ0v) is 17.2. The molecule has 1 heterocycles. The number of aliphatic hydroxyl groups excluding tert-OH is 1. The van der Waals surface area contributed by atoms with Gasteiger partial charge in [0.15, 0.2) is 0 Å². The fraction of sp³-hybridized carbons (Fsp3) is 0.864. The van der Waals surface area contributed by atoms with Crippen LogP contribution in [0.4, 0.5) is 0 Å². The average Bonchev–Trinajstić information content (AvgIpc) is 2.54. The second-order valence-corrected chi connectivity index (χ2v) is 10.3. The van der Waals surface area contributed by atoms with Crippen LogP contribution in [0.5, 0.6) is 0 Å². The number of fused-ring (bicyclic) bond motifs is 5. The molecule has 2 saturated carbocycles. The highest BCUT2D eigenvalue weighted by Crippen LogP contribution is 2.61. The van der Waals surface area contributed by atoms with Gasteiger partial charge in [0.25, 0.3) is 0 Å². The second kappa shape index (κ2) is 6.04. The molecular weight excluding hydrogens is 344 g/mol. The molecular formula is C22H34O5. The maximum absolute atomic E-state index is 11.7. The van der Waals surface area contributed by atoms with E-state index in [4.69, 9.17) is 9.47 Å². The van der Waals surface area contributed by atoms with E-state index < -0.39 is 11.7 Å². The number of allylic oxidation sites excluding steroid dienone is 1. The van der Waals surface area contributed by atoms with Gasteiger partial charge in [0.2, 0.25) is 0 Å². The lowest BCUT2D eigenvalue weighted by atomic mass is 9.48.